The number of likely N-dealkylation sites (tertiary alicyclic amines) is 1. The van der Waals surface area contributed by atoms with E-state index in [4.69, 9.17) is 16.3 Å². The Kier molecular flexibility index (Phi) is 3.64. The molecule has 1 saturated heterocycles. The second-order valence-electron chi connectivity index (χ2n) is 4.36. The van der Waals surface area contributed by atoms with Crippen molar-refractivity contribution in [2.45, 2.75) is 25.5 Å². The van der Waals surface area contributed by atoms with Gasteiger partial charge >= 0.3 is 0 Å². The van der Waals surface area contributed by atoms with E-state index in [1.54, 1.807) is 25.3 Å². The number of ether oxygens (including phenoxy) is 1. The Morgan fingerprint density at radius 2 is 2.35 bits per heavy atom. The predicted molar refractivity (Wildman–Crippen MR) is 65.4 cm³/mol. The standard InChI is InChI=1S/C12H15ClN2O2/c1-8(16)11-5-10(7-15(11)2)17-12-4-3-9(13)6-14-12/h3-4,6,10-11H,5,7H2,1-2H3. The van der Waals surface area contributed by atoms with Gasteiger partial charge in [0.15, 0.2) is 0 Å². The summed E-state index contributed by atoms with van der Waals surface area (Å²) in [6.07, 6.45) is 2.29. The van der Waals surface area contributed by atoms with Crippen LogP contribution >= 0.6 is 11.6 Å². The van der Waals surface area contributed by atoms with Crippen LogP contribution in [-0.2, 0) is 4.79 Å². The molecule has 2 unspecified atom stereocenters. The number of halogens is 1. The van der Waals surface area contributed by atoms with Crippen LogP contribution < -0.4 is 4.74 Å². The van der Waals surface area contributed by atoms with Crippen LogP contribution in [0.25, 0.3) is 0 Å². The minimum absolute atomic E-state index is 0.0163. The Labute approximate surface area is 106 Å². The zero-order valence-electron chi connectivity index (χ0n) is 9.89. The molecule has 0 N–H and O–H groups in total. The topological polar surface area (TPSA) is 42.4 Å². The number of pyridine rings is 1. The Morgan fingerprint density at radius 3 is 2.88 bits per heavy atom. The second kappa shape index (κ2) is 5.02. The van der Waals surface area contributed by atoms with Crippen molar-refractivity contribution >= 4 is 17.4 Å². The van der Waals surface area contributed by atoms with E-state index in [-0.39, 0.29) is 17.9 Å². The van der Waals surface area contributed by atoms with Gasteiger partial charge in [-0.15, -0.1) is 0 Å². The lowest BCUT2D eigenvalue weighted by Crippen LogP contribution is -2.31. The minimum Gasteiger partial charge on any atom is -0.473 e. The van der Waals surface area contributed by atoms with Crippen LogP contribution in [0.4, 0.5) is 0 Å². The summed E-state index contributed by atoms with van der Waals surface area (Å²) >= 11 is 5.75. The van der Waals surface area contributed by atoms with E-state index >= 15 is 0 Å². The van der Waals surface area contributed by atoms with Crippen LogP contribution in [0.5, 0.6) is 5.88 Å². The summed E-state index contributed by atoms with van der Waals surface area (Å²) < 4.78 is 5.72. The maximum Gasteiger partial charge on any atom is 0.213 e. The molecule has 0 bridgehead atoms. The molecule has 5 heteroatoms. The fourth-order valence-corrected chi connectivity index (χ4v) is 2.23. The number of Topliss-reactive ketones (excluding diaryl/α,β-unsaturated/α-hetero) is 1. The SMILES string of the molecule is CC(=O)C1CC(Oc2ccc(Cl)cn2)CN1C. The average molecular weight is 255 g/mol. The Balaban J connectivity index is 1.97. The summed E-state index contributed by atoms with van der Waals surface area (Å²) in [4.78, 5) is 17.5. The largest absolute Gasteiger partial charge is 0.473 e. The lowest BCUT2D eigenvalue weighted by Gasteiger charge is -2.14. The number of aromatic nitrogens is 1. The van der Waals surface area contributed by atoms with Gasteiger partial charge in [0, 0.05) is 25.2 Å². The first kappa shape index (κ1) is 12.3. The van der Waals surface area contributed by atoms with Crippen LogP contribution in [0.15, 0.2) is 18.3 Å². The fraction of sp³-hybridized carbons (Fsp3) is 0.500. The Morgan fingerprint density at radius 1 is 1.59 bits per heavy atom. The zero-order valence-corrected chi connectivity index (χ0v) is 10.6. The molecular weight excluding hydrogens is 240 g/mol. The Bertz CT molecular complexity index is 407. The van der Waals surface area contributed by atoms with Crippen molar-refractivity contribution in [3.05, 3.63) is 23.4 Å². The summed E-state index contributed by atoms with van der Waals surface area (Å²) in [5.74, 6) is 0.736. The number of nitrogens with zero attached hydrogens (tertiary/aromatic N) is 2. The summed E-state index contributed by atoms with van der Waals surface area (Å²) in [5.41, 5.74) is 0. The molecule has 1 aliphatic heterocycles. The van der Waals surface area contributed by atoms with Crippen LogP contribution in [0, 0.1) is 0 Å². The number of hydrogen-bond donors (Lipinski definition) is 0. The van der Waals surface area contributed by atoms with E-state index in [9.17, 15) is 4.79 Å². The fourth-order valence-electron chi connectivity index (χ4n) is 2.12. The van der Waals surface area contributed by atoms with Crippen LogP contribution in [-0.4, -0.2) is 41.4 Å². The number of carbonyl (C=O) groups excluding carboxylic acids is 1. The molecule has 2 rings (SSSR count). The molecule has 4 nitrogen and oxygen atoms in total. The molecule has 1 fully saturated rings. The van der Waals surface area contributed by atoms with Crippen molar-refractivity contribution in [1.82, 2.24) is 9.88 Å². The van der Waals surface area contributed by atoms with E-state index in [1.807, 2.05) is 11.9 Å². The summed E-state index contributed by atoms with van der Waals surface area (Å²) in [6.45, 7) is 2.36. The highest BCUT2D eigenvalue weighted by Crippen LogP contribution is 2.21. The minimum atomic E-state index is -0.0349. The molecule has 1 aromatic rings. The molecule has 2 heterocycles. The van der Waals surface area contributed by atoms with Gasteiger partial charge in [-0.3, -0.25) is 9.69 Å². The lowest BCUT2D eigenvalue weighted by atomic mass is 10.1. The summed E-state index contributed by atoms with van der Waals surface area (Å²) in [6, 6.07) is 3.45. The van der Waals surface area contributed by atoms with Crippen molar-refractivity contribution < 1.29 is 9.53 Å². The molecular formula is C12H15ClN2O2. The maximum absolute atomic E-state index is 11.4. The first-order valence-electron chi connectivity index (χ1n) is 5.55. The van der Waals surface area contributed by atoms with Gasteiger partial charge in [0.2, 0.25) is 5.88 Å². The highest BCUT2D eigenvalue weighted by Gasteiger charge is 2.33. The van der Waals surface area contributed by atoms with E-state index in [0.717, 1.165) is 13.0 Å². The number of hydrogen-bond acceptors (Lipinski definition) is 4. The molecule has 1 aromatic heterocycles. The van der Waals surface area contributed by atoms with E-state index in [1.165, 1.54) is 0 Å². The van der Waals surface area contributed by atoms with E-state index < -0.39 is 0 Å². The third-order valence-corrected chi connectivity index (χ3v) is 3.19. The highest BCUT2D eigenvalue weighted by molar-refractivity contribution is 6.30. The summed E-state index contributed by atoms with van der Waals surface area (Å²) in [7, 11) is 1.94. The zero-order chi connectivity index (χ0) is 12.4. The molecule has 17 heavy (non-hydrogen) atoms. The van der Waals surface area contributed by atoms with Gasteiger partial charge in [-0.2, -0.15) is 0 Å². The maximum atomic E-state index is 11.4. The normalized spacial score (nSPS) is 24.9. The Hall–Kier alpha value is -1.13. The molecule has 2 atom stereocenters. The number of rotatable bonds is 3. The van der Waals surface area contributed by atoms with Crippen molar-refractivity contribution in [2.75, 3.05) is 13.6 Å². The lowest BCUT2D eigenvalue weighted by molar-refractivity contribution is -0.120. The van der Waals surface area contributed by atoms with Crippen molar-refractivity contribution in [3.8, 4) is 5.88 Å². The van der Waals surface area contributed by atoms with Gasteiger partial charge in [0.05, 0.1) is 11.1 Å². The molecule has 0 spiro atoms. The number of likely N-dealkylation sites (N-methyl/N-ethyl adjacent to an activating group) is 1. The van der Waals surface area contributed by atoms with E-state index in [0.29, 0.717) is 10.9 Å². The molecule has 1 aliphatic rings. The summed E-state index contributed by atoms with van der Waals surface area (Å²) in [5, 5.41) is 0.586. The molecule has 0 radical (unpaired) electrons. The van der Waals surface area contributed by atoms with Crippen LogP contribution in [0.1, 0.15) is 13.3 Å². The molecule has 0 aromatic carbocycles. The molecule has 0 saturated carbocycles. The molecule has 0 aliphatic carbocycles. The monoisotopic (exact) mass is 254 g/mol. The first-order chi connectivity index (χ1) is 8.06. The average Bonchev–Trinajstić information content (AvgIpc) is 2.63. The van der Waals surface area contributed by atoms with Crippen molar-refractivity contribution in [1.29, 1.82) is 0 Å². The number of carbonyl (C=O) groups is 1. The first-order valence-corrected chi connectivity index (χ1v) is 5.93. The van der Waals surface area contributed by atoms with E-state index in [2.05, 4.69) is 4.98 Å². The van der Waals surface area contributed by atoms with Gasteiger partial charge in [-0.25, -0.2) is 4.98 Å². The third kappa shape index (κ3) is 2.96. The molecule has 0 amide bonds. The van der Waals surface area contributed by atoms with Crippen molar-refractivity contribution in [3.63, 3.8) is 0 Å². The van der Waals surface area contributed by atoms with Crippen LogP contribution in [0.2, 0.25) is 5.02 Å². The van der Waals surface area contributed by atoms with Crippen LogP contribution in [0.3, 0.4) is 0 Å². The second-order valence-corrected chi connectivity index (χ2v) is 4.79. The van der Waals surface area contributed by atoms with Gasteiger partial charge in [0.25, 0.3) is 0 Å². The predicted octanol–water partition coefficient (Wildman–Crippen LogP) is 1.78. The third-order valence-electron chi connectivity index (χ3n) is 2.97. The molecule has 92 valence electrons. The highest BCUT2D eigenvalue weighted by atomic mass is 35.5. The quantitative estimate of drug-likeness (QED) is 0.825. The van der Waals surface area contributed by atoms with Gasteiger partial charge in [0.1, 0.15) is 11.9 Å². The smallest absolute Gasteiger partial charge is 0.213 e. The van der Waals surface area contributed by atoms with Gasteiger partial charge in [-0.1, -0.05) is 11.6 Å². The van der Waals surface area contributed by atoms with Crippen molar-refractivity contribution in [2.24, 2.45) is 0 Å². The number of ketones is 1. The van der Waals surface area contributed by atoms with Gasteiger partial charge in [-0.05, 0) is 20.0 Å². The van der Waals surface area contributed by atoms with Gasteiger partial charge < -0.3 is 4.74 Å².